The van der Waals surface area contributed by atoms with Crippen molar-refractivity contribution in [2.45, 2.75) is 57.5 Å². The van der Waals surface area contributed by atoms with E-state index in [2.05, 4.69) is 5.32 Å². The summed E-state index contributed by atoms with van der Waals surface area (Å²) in [7, 11) is -3.35. The third-order valence-electron chi connectivity index (χ3n) is 4.66. The zero-order valence-corrected chi connectivity index (χ0v) is 16.3. The lowest BCUT2D eigenvalue weighted by atomic mass is 9.98. The van der Waals surface area contributed by atoms with E-state index in [4.69, 9.17) is 4.74 Å². The molecule has 2 rings (SSSR count). The van der Waals surface area contributed by atoms with Crippen LogP contribution in [0.2, 0.25) is 0 Å². The third kappa shape index (κ3) is 8.81. The Hall–Kier alpha value is -1.40. The number of hydrogen-bond acceptors (Lipinski definition) is 4. The summed E-state index contributed by atoms with van der Waals surface area (Å²) >= 11 is 0. The number of hydrogen-bond donors (Lipinski definition) is 1. The molecule has 0 atom stereocenters. The summed E-state index contributed by atoms with van der Waals surface area (Å²) < 4.78 is 29.9. The molecule has 0 aromatic heterocycles. The van der Waals surface area contributed by atoms with Crippen LogP contribution in [0.25, 0.3) is 0 Å². The van der Waals surface area contributed by atoms with Gasteiger partial charge in [-0.3, -0.25) is 4.79 Å². The fraction of sp³-hybridized carbons (Fsp3) is 0.650. The lowest BCUT2D eigenvalue weighted by molar-refractivity contribution is -0.118. The van der Waals surface area contributed by atoms with Crippen molar-refractivity contribution >= 4 is 15.7 Å². The summed E-state index contributed by atoms with van der Waals surface area (Å²) in [6, 6.07) is 9.78. The van der Waals surface area contributed by atoms with Gasteiger partial charge in [0.15, 0.2) is 9.84 Å². The molecule has 0 aliphatic heterocycles. The Morgan fingerprint density at radius 3 is 2.54 bits per heavy atom. The molecule has 0 radical (unpaired) electrons. The van der Waals surface area contributed by atoms with E-state index >= 15 is 0 Å². The van der Waals surface area contributed by atoms with Crippen molar-refractivity contribution in [2.75, 3.05) is 24.7 Å². The molecule has 1 N–H and O–H groups in total. The Balaban J connectivity index is 1.54. The van der Waals surface area contributed by atoms with Gasteiger partial charge in [-0.2, -0.15) is 0 Å². The Bertz CT molecular complexity index is 624. The predicted molar refractivity (Wildman–Crippen MR) is 104 cm³/mol. The molecule has 1 fully saturated rings. The van der Waals surface area contributed by atoms with Crippen LogP contribution in [0.1, 0.15) is 50.5 Å². The molecule has 0 bridgehead atoms. The van der Waals surface area contributed by atoms with Gasteiger partial charge >= 0.3 is 0 Å². The number of amides is 1. The smallest absolute Gasteiger partial charge is 0.235 e. The maximum atomic E-state index is 12.0. The van der Waals surface area contributed by atoms with Gasteiger partial charge in [0.05, 0.1) is 11.9 Å². The minimum atomic E-state index is -3.35. The van der Waals surface area contributed by atoms with Gasteiger partial charge in [0, 0.05) is 13.2 Å². The van der Waals surface area contributed by atoms with Gasteiger partial charge in [-0.15, -0.1) is 0 Å². The molecule has 0 heterocycles. The molecule has 6 heteroatoms. The molecule has 1 saturated carbocycles. The Labute approximate surface area is 157 Å². The van der Waals surface area contributed by atoms with E-state index in [-0.39, 0.29) is 5.75 Å². The quantitative estimate of drug-likeness (QED) is 0.598. The fourth-order valence-electron chi connectivity index (χ4n) is 3.25. The number of ether oxygens (including phenoxy) is 1. The summed E-state index contributed by atoms with van der Waals surface area (Å²) in [6.07, 6.45) is 8.37. The number of benzene rings is 1. The van der Waals surface area contributed by atoms with Crippen LogP contribution in [0.15, 0.2) is 30.3 Å². The van der Waals surface area contributed by atoms with Crippen LogP contribution in [0, 0.1) is 0 Å². The minimum Gasteiger partial charge on any atom is -0.378 e. The van der Waals surface area contributed by atoms with Crippen LogP contribution in [0.3, 0.4) is 0 Å². The van der Waals surface area contributed by atoms with Gasteiger partial charge in [0.2, 0.25) is 5.91 Å². The highest BCUT2D eigenvalue weighted by Crippen LogP contribution is 2.20. The second-order valence-corrected chi connectivity index (χ2v) is 9.20. The summed E-state index contributed by atoms with van der Waals surface area (Å²) in [5, 5.41) is 2.69. The van der Waals surface area contributed by atoms with E-state index in [9.17, 15) is 13.2 Å². The number of nitrogens with one attached hydrogen (secondary N) is 1. The number of rotatable bonds is 11. The largest absolute Gasteiger partial charge is 0.378 e. The molecule has 146 valence electrons. The highest BCUT2D eigenvalue weighted by Gasteiger charge is 2.16. The number of carbonyl (C=O) groups excluding carboxylic acids is 1. The first-order valence-corrected chi connectivity index (χ1v) is 11.5. The molecule has 0 spiro atoms. The van der Waals surface area contributed by atoms with E-state index in [1.54, 1.807) is 0 Å². The standard InChI is InChI=1S/C20H31NO4S/c22-20(21-14-8-15-25-19-12-5-2-6-13-19)17-26(23,24)16-7-11-18-9-3-1-4-10-18/h1,3-4,9-10,19H,2,5-8,11-17H2,(H,21,22). The van der Waals surface area contributed by atoms with Crippen LogP contribution in [-0.2, 0) is 25.8 Å². The van der Waals surface area contributed by atoms with Gasteiger partial charge in [-0.1, -0.05) is 49.6 Å². The monoisotopic (exact) mass is 381 g/mol. The molecule has 26 heavy (non-hydrogen) atoms. The molecule has 0 saturated heterocycles. The van der Waals surface area contributed by atoms with Crippen molar-refractivity contribution < 1.29 is 17.9 Å². The lowest BCUT2D eigenvalue weighted by Crippen LogP contribution is -2.32. The van der Waals surface area contributed by atoms with Gasteiger partial charge in [0.25, 0.3) is 0 Å². The highest BCUT2D eigenvalue weighted by molar-refractivity contribution is 7.92. The summed E-state index contributed by atoms with van der Waals surface area (Å²) in [6.45, 7) is 1.08. The third-order valence-corrected chi connectivity index (χ3v) is 6.28. The Morgan fingerprint density at radius 1 is 1.08 bits per heavy atom. The van der Waals surface area contributed by atoms with Crippen molar-refractivity contribution in [1.82, 2.24) is 5.32 Å². The summed E-state index contributed by atoms with van der Waals surface area (Å²) in [4.78, 5) is 11.8. The molecule has 1 amide bonds. The Morgan fingerprint density at radius 2 is 1.81 bits per heavy atom. The Kier molecular flexibility index (Phi) is 9.12. The van der Waals surface area contributed by atoms with Gasteiger partial charge < -0.3 is 10.1 Å². The molecular formula is C20H31NO4S. The minimum absolute atomic E-state index is 0.0418. The van der Waals surface area contributed by atoms with E-state index < -0.39 is 21.5 Å². The zero-order chi connectivity index (χ0) is 18.7. The van der Waals surface area contributed by atoms with Gasteiger partial charge in [-0.05, 0) is 37.7 Å². The van der Waals surface area contributed by atoms with Crippen LogP contribution in [-0.4, -0.2) is 45.1 Å². The van der Waals surface area contributed by atoms with Crippen molar-refractivity contribution in [3.05, 3.63) is 35.9 Å². The van der Waals surface area contributed by atoms with Gasteiger partial charge in [-0.25, -0.2) is 8.42 Å². The molecule has 5 nitrogen and oxygen atoms in total. The lowest BCUT2D eigenvalue weighted by Gasteiger charge is -2.21. The van der Waals surface area contributed by atoms with E-state index in [0.29, 0.717) is 32.1 Å². The molecule has 1 aliphatic carbocycles. The molecule has 1 aliphatic rings. The second-order valence-electron chi connectivity index (χ2n) is 7.02. The van der Waals surface area contributed by atoms with Crippen LogP contribution in [0.4, 0.5) is 0 Å². The topological polar surface area (TPSA) is 72.5 Å². The summed E-state index contributed by atoms with van der Waals surface area (Å²) in [5.41, 5.74) is 1.12. The van der Waals surface area contributed by atoms with Crippen LogP contribution < -0.4 is 5.32 Å². The first kappa shape index (κ1) is 20.9. The molecule has 0 unspecified atom stereocenters. The number of carbonyl (C=O) groups is 1. The molecule has 1 aromatic rings. The zero-order valence-electron chi connectivity index (χ0n) is 15.5. The SMILES string of the molecule is O=C(CS(=O)(=O)CCCc1ccccc1)NCCCOC1CCCCC1. The molecular weight excluding hydrogens is 350 g/mol. The van der Waals surface area contributed by atoms with E-state index in [0.717, 1.165) is 24.8 Å². The maximum absolute atomic E-state index is 12.0. The average Bonchev–Trinajstić information content (AvgIpc) is 2.62. The van der Waals surface area contributed by atoms with Crippen LogP contribution in [0.5, 0.6) is 0 Å². The first-order chi connectivity index (χ1) is 12.6. The first-order valence-electron chi connectivity index (χ1n) is 9.68. The predicted octanol–water partition coefficient (Wildman–Crippen LogP) is 2.89. The van der Waals surface area contributed by atoms with E-state index in [1.807, 2.05) is 30.3 Å². The second kappa shape index (κ2) is 11.3. The van der Waals surface area contributed by atoms with Crippen molar-refractivity contribution in [1.29, 1.82) is 0 Å². The number of aryl methyl sites for hydroxylation is 1. The van der Waals surface area contributed by atoms with Gasteiger partial charge in [0.1, 0.15) is 5.75 Å². The van der Waals surface area contributed by atoms with Crippen molar-refractivity contribution in [3.8, 4) is 0 Å². The molecule has 1 aromatic carbocycles. The van der Waals surface area contributed by atoms with Crippen molar-refractivity contribution in [2.24, 2.45) is 0 Å². The van der Waals surface area contributed by atoms with Crippen LogP contribution >= 0.6 is 0 Å². The van der Waals surface area contributed by atoms with Crippen molar-refractivity contribution in [3.63, 3.8) is 0 Å². The highest BCUT2D eigenvalue weighted by atomic mass is 32.2. The van der Waals surface area contributed by atoms with E-state index in [1.165, 1.54) is 19.3 Å². The fourth-order valence-corrected chi connectivity index (χ4v) is 4.48. The summed E-state index contributed by atoms with van der Waals surface area (Å²) in [5.74, 6) is -0.798. The normalized spacial score (nSPS) is 15.7. The number of sulfone groups is 1. The average molecular weight is 382 g/mol. The maximum Gasteiger partial charge on any atom is 0.235 e.